The van der Waals surface area contributed by atoms with Crippen molar-refractivity contribution < 1.29 is 41.5 Å². The van der Waals surface area contributed by atoms with Gasteiger partial charge in [-0.15, -0.1) is 6.58 Å². The van der Waals surface area contributed by atoms with Gasteiger partial charge < -0.3 is 18.6 Å². The Labute approximate surface area is 343 Å². The second kappa shape index (κ2) is 18.9. The van der Waals surface area contributed by atoms with E-state index < -0.39 is 46.7 Å². The van der Waals surface area contributed by atoms with Crippen LogP contribution < -0.4 is 10.4 Å². The van der Waals surface area contributed by atoms with Gasteiger partial charge in [0.15, 0.2) is 6.29 Å². The molecule has 2 fully saturated rings. The smallest absolute Gasteiger partial charge is 0.405 e. The van der Waals surface area contributed by atoms with Gasteiger partial charge in [-0.05, 0) is 39.4 Å². The maximum absolute atomic E-state index is 15.0. The first-order valence-corrected chi connectivity index (χ1v) is 23.2. The molecule has 9 nitrogen and oxygen atoms in total. The van der Waals surface area contributed by atoms with Gasteiger partial charge in [0.2, 0.25) is 0 Å². The number of phosphoric ester groups is 1. The molecule has 0 amide bonds. The zero-order valence-electron chi connectivity index (χ0n) is 33.4. The van der Waals surface area contributed by atoms with E-state index in [2.05, 4.69) is 51.6 Å². The normalized spacial score (nSPS) is 22.1. The number of rotatable bonds is 19. The lowest BCUT2D eigenvalue weighted by molar-refractivity contribution is -0.376. The number of unbranched alkanes of at least 4 members (excludes halogenated alkanes) is 1. The number of hydrogen-bond acceptors (Lipinski definition) is 9. The summed E-state index contributed by atoms with van der Waals surface area (Å²) in [4.78, 5) is 0. The second-order valence-corrected chi connectivity index (χ2v) is 21.4. The van der Waals surface area contributed by atoms with Crippen molar-refractivity contribution in [3.05, 3.63) is 181 Å². The van der Waals surface area contributed by atoms with Gasteiger partial charge in [-0.3, -0.25) is 18.3 Å². The van der Waals surface area contributed by atoms with E-state index in [1.165, 1.54) is 0 Å². The molecule has 7 rings (SSSR count). The van der Waals surface area contributed by atoms with Crippen molar-refractivity contribution >= 4 is 26.5 Å². The van der Waals surface area contributed by atoms with Crippen LogP contribution >= 0.6 is 7.82 Å². The molecule has 2 saturated heterocycles. The molecule has 5 atom stereocenters. The van der Waals surface area contributed by atoms with Crippen LogP contribution in [-0.4, -0.2) is 46.1 Å². The van der Waals surface area contributed by atoms with Gasteiger partial charge in [0.25, 0.3) is 8.32 Å². The molecule has 11 heteroatoms. The largest absolute Gasteiger partial charge is 0.475 e. The van der Waals surface area contributed by atoms with Crippen molar-refractivity contribution in [2.75, 3.05) is 13.2 Å². The van der Waals surface area contributed by atoms with Crippen molar-refractivity contribution in [2.45, 2.75) is 82.4 Å². The Morgan fingerprint density at radius 2 is 1.22 bits per heavy atom. The van der Waals surface area contributed by atoms with E-state index in [1.54, 1.807) is 0 Å². The number of fused-ring (bicyclic) bond motifs is 1. The SMILES string of the molecule is C=CCCCO[C@]1(c2ccccc2)O[C@H]2O[C@H](CO[Si](c3ccccc3)(c3ccccc3)C(C)(C)C)[C@@H](OP(=O)(OCc3ccccc3)OCc3ccccc3)[C@H]2O1. The third kappa shape index (κ3) is 9.54. The molecule has 0 N–H and O–H groups in total. The number of benzene rings is 5. The highest BCUT2D eigenvalue weighted by atomic mass is 31.2. The molecule has 0 radical (unpaired) electrons. The van der Waals surface area contributed by atoms with Crippen molar-refractivity contribution in [1.29, 1.82) is 0 Å². The van der Waals surface area contributed by atoms with Crippen LogP contribution in [0, 0.1) is 0 Å². The fourth-order valence-corrected chi connectivity index (χ4v) is 13.5. The van der Waals surface area contributed by atoms with E-state index in [-0.39, 0.29) is 24.9 Å². The zero-order chi connectivity index (χ0) is 40.5. The summed E-state index contributed by atoms with van der Waals surface area (Å²) in [6, 6.07) is 49.2. The standard InChI is InChI=1S/C47H53O9PSi/c1-5-6-22-33-49-47(39-27-16-9-17-28-39)54-44-43(56-57(48,50-34-37-23-12-7-13-24-37)51-35-38-25-14-8-15-26-38)42(53-45(44)55-47)36-52-58(46(2,3)4,40-29-18-10-19-30-40)41-31-20-11-21-32-41/h5,7-21,23-32,42-45H,1,6,22,33-36H2,2-4H3/t42-,43-,44-,45-,47+/m1/s1. The van der Waals surface area contributed by atoms with Gasteiger partial charge >= 0.3 is 13.8 Å². The Balaban J connectivity index is 1.25. The Hall–Kier alpha value is -4.03. The van der Waals surface area contributed by atoms with Gasteiger partial charge in [-0.2, -0.15) is 0 Å². The molecule has 0 saturated carbocycles. The highest BCUT2D eigenvalue weighted by Gasteiger charge is 2.62. The van der Waals surface area contributed by atoms with Crippen LogP contribution in [0.15, 0.2) is 164 Å². The van der Waals surface area contributed by atoms with Gasteiger partial charge in [-0.1, -0.05) is 179 Å². The molecule has 58 heavy (non-hydrogen) atoms. The molecule has 304 valence electrons. The van der Waals surface area contributed by atoms with Crippen LogP contribution in [0.5, 0.6) is 0 Å². The molecule has 2 aliphatic rings. The van der Waals surface area contributed by atoms with Crippen LogP contribution in [0.3, 0.4) is 0 Å². The topological polar surface area (TPSA) is 90.9 Å². The minimum absolute atomic E-state index is 0.0183. The first kappa shape index (κ1) is 42.1. The van der Waals surface area contributed by atoms with E-state index in [0.717, 1.165) is 27.9 Å². The summed E-state index contributed by atoms with van der Waals surface area (Å²) in [6.07, 6.45) is -0.456. The summed E-state index contributed by atoms with van der Waals surface area (Å²) < 4.78 is 68.0. The fourth-order valence-electron chi connectivity index (χ4n) is 7.57. The minimum Gasteiger partial charge on any atom is -0.405 e. The van der Waals surface area contributed by atoms with E-state index >= 15 is 4.57 Å². The van der Waals surface area contributed by atoms with E-state index in [0.29, 0.717) is 18.6 Å². The number of hydrogen-bond donors (Lipinski definition) is 0. The van der Waals surface area contributed by atoms with E-state index in [4.69, 9.17) is 36.9 Å². The van der Waals surface area contributed by atoms with Gasteiger partial charge in [0, 0.05) is 5.56 Å². The van der Waals surface area contributed by atoms with Crippen molar-refractivity contribution in [3.8, 4) is 0 Å². The molecule has 5 aromatic rings. The first-order chi connectivity index (χ1) is 28.1. The van der Waals surface area contributed by atoms with Crippen molar-refractivity contribution in [1.82, 2.24) is 0 Å². The Morgan fingerprint density at radius 3 is 1.72 bits per heavy atom. The zero-order valence-corrected chi connectivity index (χ0v) is 35.3. The number of allylic oxidation sites excluding steroid dienone is 1. The third-order valence-electron chi connectivity index (χ3n) is 10.4. The predicted molar refractivity (Wildman–Crippen MR) is 227 cm³/mol. The highest BCUT2D eigenvalue weighted by molar-refractivity contribution is 7.48. The molecule has 0 aliphatic carbocycles. The monoisotopic (exact) mass is 820 g/mol. The summed E-state index contributed by atoms with van der Waals surface area (Å²) in [5.74, 6) is -1.62. The Bertz CT molecular complexity index is 1980. The number of phosphoric acid groups is 1. The molecular formula is C47H53O9PSi. The summed E-state index contributed by atoms with van der Waals surface area (Å²) in [5.41, 5.74) is 2.26. The molecule has 0 bridgehead atoms. The molecule has 5 aromatic carbocycles. The summed E-state index contributed by atoms with van der Waals surface area (Å²) in [5, 5.41) is 1.90. The quantitative estimate of drug-likeness (QED) is 0.0350. The minimum atomic E-state index is -4.35. The Kier molecular flexibility index (Phi) is 13.7. The Morgan fingerprint density at radius 1 is 0.724 bits per heavy atom. The third-order valence-corrected chi connectivity index (χ3v) is 16.8. The van der Waals surface area contributed by atoms with E-state index in [9.17, 15) is 0 Å². The molecule has 0 unspecified atom stereocenters. The fraction of sp³-hybridized carbons (Fsp3) is 0.319. The predicted octanol–water partition coefficient (Wildman–Crippen LogP) is 9.42. The van der Waals surface area contributed by atoms with Crippen LogP contribution in [0.1, 0.15) is 50.3 Å². The lowest BCUT2D eigenvalue weighted by Gasteiger charge is -2.43. The number of ether oxygens (including phenoxy) is 4. The molecule has 2 aliphatic heterocycles. The van der Waals surface area contributed by atoms with Crippen LogP contribution in [0.2, 0.25) is 5.04 Å². The lowest BCUT2D eigenvalue weighted by Crippen LogP contribution is -2.67. The van der Waals surface area contributed by atoms with E-state index in [1.807, 2.05) is 133 Å². The van der Waals surface area contributed by atoms with Crippen LogP contribution in [0.25, 0.3) is 0 Å². The summed E-state index contributed by atoms with van der Waals surface area (Å²) in [6.45, 7) is 10.8. The van der Waals surface area contributed by atoms with Crippen molar-refractivity contribution in [3.63, 3.8) is 0 Å². The van der Waals surface area contributed by atoms with Crippen LogP contribution in [-0.2, 0) is 60.7 Å². The summed E-state index contributed by atoms with van der Waals surface area (Å²) >= 11 is 0. The van der Waals surface area contributed by atoms with Crippen LogP contribution in [0.4, 0.5) is 0 Å². The average Bonchev–Trinajstić information content (AvgIpc) is 3.77. The van der Waals surface area contributed by atoms with Gasteiger partial charge in [0.05, 0.1) is 26.4 Å². The summed E-state index contributed by atoms with van der Waals surface area (Å²) in [7, 11) is -7.40. The maximum atomic E-state index is 15.0. The molecule has 0 aromatic heterocycles. The molecule has 2 heterocycles. The molecular weight excluding hydrogens is 768 g/mol. The average molecular weight is 821 g/mol. The second-order valence-electron chi connectivity index (χ2n) is 15.5. The first-order valence-electron chi connectivity index (χ1n) is 19.9. The van der Waals surface area contributed by atoms with Crippen molar-refractivity contribution in [2.24, 2.45) is 0 Å². The molecule has 0 spiro atoms. The lowest BCUT2D eigenvalue weighted by atomic mass is 10.1. The van der Waals surface area contributed by atoms with Gasteiger partial charge in [0.1, 0.15) is 18.3 Å². The van der Waals surface area contributed by atoms with Gasteiger partial charge in [-0.25, -0.2) is 4.57 Å². The maximum Gasteiger partial charge on any atom is 0.475 e. The highest BCUT2D eigenvalue weighted by Crippen LogP contribution is 2.56.